The smallest absolute Gasteiger partial charge is 0.218 e. The molecule has 0 bridgehead atoms. The Labute approximate surface area is 101 Å². The fourth-order valence-corrected chi connectivity index (χ4v) is 1.22. The van der Waals surface area contributed by atoms with Crippen molar-refractivity contribution in [1.29, 1.82) is 0 Å². The summed E-state index contributed by atoms with van der Waals surface area (Å²) in [6.45, 7) is 4.18. The van der Waals surface area contributed by atoms with Crippen LogP contribution >= 0.6 is 0 Å². The zero-order valence-corrected chi connectivity index (χ0v) is 10.3. The molecule has 0 radical (unpaired) electrons. The predicted molar refractivity (Wildman–Crippen MR) is 64.0 cm³/mol. The average Bonchev–Trinajstić information content (AvgIpc) is 2.26. The van der Waals surface area contributed by atoms with Crippen LogP contribution < -0.4 is 10.5 Å². The number of nitrogen functional groups attached to an aromatic ring is 1. The second-order valence-corrected chi connectivity index (χ2v) is 3.49. The highest BCUT2D eigenvalue weighted by molar-refractivity contribution is 5.32. The molecule has 0 aliphatic rings. The second-order valence-electron chi connectivity index (χ2n) is 3.49. The van der Waals surface area contributed by atoms with E-state index in [1.54, 1.807) is 20.1 Å². The van der Waals surface area contributed by atoms with E-state index in [1.807, 2.05) is 0 Å². The quantitative estimate of drug-likeness (QED) is 0.678. The zero-order chi connectivity index (χ0) is 12.5. The molecule has 6 nitrogen and oxygen atoms in total. The van der Waals surface area contributed by atoms with Crippen LogP contribution in [0.15, 0.2) is 6.07 Å². The van der Waals surface area contributed by atoms with E-state index in [0.717, 1.165) is 6.42 Å². The van der Waals surface area contributed by atoms with Crippen LogP contribution in [-0.4, -0.2) is 43.5 Å². The first-order chi connectivity index (χ1) is 8.22. The van der Waals surface area contributed by atoms with Gasteiger partial charge in [-0.25, -0.2) is 4.98 Å². The first-order valence-electron chi connectivity index (χ1n) is 5.53. The summed E-state index contributed by atoms with van der Waals surface area (Å²) in [7, 11) is 1.65. The van der Waals surface area contributed by atoms with Crippen molar-refractivity contribution in [2.24, 2.45) is 0 Å². The maximum absolute atomic E-state index is 5.58. The Kier molecular flexibility index (Phi) is 6.27. The van der Waals surface area contributed by atoms with Crippen molar-refractivity contribution < 1.29 is 14.2 Å². The van der Waals surface area contributed by atoms with E-state index < -0.39 is 0 Å². The fraction of sp³-hybridized carbons (Fsp3) is 0.636. The largest absolute Gasteiger partial charge is 0.477 e. The van der Waals surface area contributed by atoms with Crippen molar-refractivity contribution in [3.05, 3.63) is 11.9 Å². The minimum absolute atomic E-state index is 0.420. The summed E-state index contributed by atoms with van der Waals surface area (Å²) >= 11 is 0. The Balaban J connectivity index is 2.13. The molecule has 0 saturated carbocycles. The first kappa shape index (κ1) is 13.7. The maximum atomic E-state index is 5.58. The summed E-state index contributed by atoms with van der Waals surface area (Å²) in [6, 6.07) is 1.61. The van der Waals surface area contributed by atoms with Gasteiger partial charge in [0.1, 0.15) is 11.6 Å². The lowest BCUT2D eigenvalue weighted by Gasteiger charge is -2.07. The third kappa shape index (κ3) is 6.03. The lowest BCUT2D eigenvalue weighted by Crippen LogP contribution is -2.08. The lowest BCUT2D eigenvalue weighted by molar-refractivity contribution is 0.0642. The number of aromatic nitrogens is 2. The Hall–Kier alpha value is -1.40. The number of hydrogen-bond acceptors (Lipinski definition) is 6. The second kappa shape index (κ2) is 7.81. The van der Waals surface area contributed by atoms with E-state index in [-0.39, 0.29) is 0 Å². The summed E-state index contributed by atoms with van der Waals surface area (Å²) in [5.74, 6) is 1.53. The molecular formula is C11H19N3O3. The molecule has 6 heteroatoms. The molecule has 0 spiro atoms. The van der Waals surface area contributed by atoms with Crippen molar-refractivity contribution in [3.8, 4) is 5.88 Å². The average molecular weight is 241 g/mol. The number of nitrogens with two attached hydrogens (primary N) is 1. The number of ether oxygens (including phenoxy) is 3. The number of methoxy groups -OCH3 is 1. The molecular weight excluding hydrogens is 222 g/mol. The standard InChI is InChI=1S/C11H19N3O3/c1-9-13-10(12)8-11(14-9)17-5-3-4-16-7-6-15-2/h8H,3-7H2,1-2H3,(H2,12,13,14). The fourth-order valence-electron chi connectivity index (χ4n) is 1.22. The van der Waals surface area contributed by atoms with Gasteiger partial charge in [0, 0.05) is 26.2 Å². The topological polar surface area (TPSA) is 79.5 Å². The Bertz CT molecular complexity index is 313. The van der Waals surface area contributed by atoms with Gasteiger partial charge in [0.05, 0.1) is 19.8 Å². The monoisotopic (exact) mass is 241 g/mol. The highest BCUT2D eigenvalue weighted by Gasteiger charge is 1.99. The maximum Gasteiger partial charge on any atom is 0.218 e. The van der Waals surface area contributed by atoms with Crippen molar-refractivity contribution in [1.82, 2.24) is 9.97 Å². The van der Waals surface area contributed by atoms with Gasteiger partial charge in [-0.2, -0.15) is 4.98 Å². The number of nitrogens with zero attached hydrogens (tertiary/aromatic N) is 2. The summed E-state index contributed by atoms with van der Waals surface area (Å²) in [4.78, 5) is 8.07. The molecule has 0 fully saturated rings. The van der Waals surface area contributed by atoms with Gasteiger partial charge in [-0.1, -0.05) is 0 Å². The van der Waals surface area contributed by atoms with E-state index in [0.29, 0.717) is 43.9 Å². The van der Waals surface area contributed by atoms with Gasteiger partial charge in [0.25, 0.3) is 0 Å². The molecule has 0 amide bonds. The Morgan fingerprint density at radius 3 is 2.71 bits per heavy atom. The van der Waals surface area contributed by atoms with Crippen LogP contribution in [0.5, 0.6) is 5.88 Å². The highest BCUT2D eigenvalue weighted by atomic mass is 16.5. The molecule has 2 N–H and O–H groups in total. The van der Waals surface area contributed by atoms with Crippen LogP contribution in [0.25, 0.3) is 0 Å². The Morgan fingerprint density at radius 2 is 2.00 bits per heavy atom. The molecule has 0 aliphatic carbocycles. The third-order valence-electron chi connectivity index (χ3n) is 1.95. The van der Waals surface area contributed by atoms with Gasteiger partial charge in [0.2, 0.25) is 5.88 Å². The Morgan fingerprint density at radius 1 is 1.18 bits per heavy atom. The van der Waals surface area contributed by atoms with E-state index in [9.17, 15) is 0 Å². The van der Waals surface area contributed by atoms with Crippen molar-refractivity contribution in [2.45, 2.75) is 13.3 Å². The number of rotatable bonds is 8. The molecule has 0 aromatic carbocycles. The van der Waals surface area contributed by atoms with Crippen molar-refractivity contribution >= 4 is 5.82 Å². The molecule has 96 valence electrons. The van der Waals surface area contributed by atoms with E-state index in [1.165, 1.54) is 0 Å². The van der Waals surface area contributed by atoms with Crippen LogP contribution in [-0.2, 0) is 9.47 Å². The molecule has 1 aromatic heterocycles. The molecule has 1 rings (SSSR count). The van der Waals surface area contributed by atoms with Crippen LogP contribution in [0, 0.1) is 6.92 Å². The van der Waals surface area contributed by atoms with Gasteiger partial charge in [-0.3, -0.25) is 0 Å². The molecule has 1 aromatic rings. The van der Waals surface area contributed by atoms with Crippen molar-refractivity contribution in [3.63, 3.8) is 0 Å². The number of anilines is 1. The predicted octanol–water partition coefficient (Wildman–Crippen LogP) is 0.799. The molecule has 17 heavy (non-hydrogen) atoms. The summed E-state index contributed by atoms with van der Waals surface area (Å²) < 4.78 is 15.6. The summed E-state index contributed by atoms with van der Waals surface area (Å²) in [5.41, 5.74) is 5.58. The van der Waals surface area contributed by atoms with E-state index in [2.05, 4.69) is 9.97 Å². The summed E-state index contributed by atoms with van der Waals surface area (Å²) in [5, 5.41) is 0. The molecule has 0 unspecified atom stereocenters. The minimum Gasteiger partial charge on any atom is -0.477 e. The SMILES string of the molecule is COCCOCCCOc1cc(N)nc(C)n1. The lowest BCUT2D eigenvalue weighted by atomic mass is 10.5. The van der Waals surface area contributed by atoms with Gasteiger partial charge in [-0.15, -0.1) is 0 Å². The van der Waals surface area contributed by atoms with Crippen LogP contribution in [0.2, 0.25) is 0 Å². The van der Waals surface area contributed by atoms with Gasteiger partial charge >= 0.3 is 0 Å². The summed E-state index contributed by atoms with van der Waals surface area (Å²) in [6.07, 6.45) is 0.798. The first-order valence-corrected chi connectivity index (χ1v) is 5.53. The van der Waals surface area contributed by atoms with Crippen LogP contribution in [0.1, 0.15) is 12.2 Å². The molecule has 0 saturated heterocycles. The minimum atomic E-state index is 0.420. The third-order valence-corrected chi connectivity index (χ3v) is 1.95. The van der Waals surface area contributed by atoms with Crippen molar-refractivity contribution in [2.75, 3.05) is 39.3 Å². The van der Waals surface area contributed by atoms with Crippen LogP contribution in [0.4, 0.5) is 5.82 Å². The van der Waals surface area contributed by atoms with E-state index in [4.69, 9.17) is 19.9 Å². The van der Waals surface area contributed by atoms with Crippen LogP contribution in [0.3, 0.4) is 0 Å². The van der Waals surface area contributed by atoms with Gasteiger partial charge < -0.3 is 19.9 Å². The van der Waals surface area contributed by atoms with Gasteiger partial charge in [-0.05, 0) is 6.92 Å². The normalized spacial score (nSPS) is 10.5. The number of aryl methyl sites for hydroxylation is 1. The zero-order valence-electron chi connectivity index (χ0n) is 10.3. The molecule has 0 aliphatic heterocycles. The molecule has 0 atom stereocenters. The highest BCUT2D eigenvalue weighted by Crippen LogP contribution is 2.10. The number of hydrogen-bond donors (Lipinski definition) is 1. The van der Waals surface area contributed by atoms with E-state index >= 15 is 0 Å². The molecule has 1 heterocycles. The van der Waals surface area contributed by atoms with Gasteiger partial charge in [0.15, 0.2) is 0 Å².